The molecule has 2 aromatic heterocycles. The molecule has 0 spiro atoms. The number of amides is 1. The molecule has 0 radical (unpaired) electrons. The Balaban J connectivity index is 1.49. The molecule has 0 unspecified atom stereocenters. The van der Waals surface area contributed by atoms with Crippen molar-refractivity contribution >= 4 is 27.3 Å². The van der Waals surface area contributed by atoms with E-state index in [1.165, 1.54) is 16.4 Å². The average molecular weight is 414 g/mol. The fourth-order valence-corrected chi connectivity index (χ4v) is 4.76. The minimum Gasteiger partial charge on any atom is -0.321 e. The van der Waals surface area contributed by atoms with E-state index in [9.17, 15) is 13.2 Å². The number of anilines is 1. The van der Waals surface area contributed by atoms with Gasteiger partial charge < -0.3 is 14.6 Å². The lowest BCUT2D eigenvalue weighted by Crippen LogP contribution is -2.46. The maximum Gasteiger partial charge on any atom is 0.275 e. The van der Waals surface area contributed by atoms with E-state index in [1.807, 2.05) is 36.6 Å². The molecule has 1 aliphatic heterocycles. The Morgan fingerprint density at radius 2 is 1.72 bits per heavy atom. The van der Waals surface area contributed by atoms with Crippen molar-refractivity contribution in [2.24, 2.45) is 0 Å². The molecule has 29 heavy (non-hydrogen) atoms. The highest BCUT2D eigenvalue weighted by Crippen LogP contribution is 2.20. The number of nitrogens with one attached hydrogen (secondary N) is 1. The Morgan fingerprint density at radius 1 is 1.03 bits per heavy atom. The second-order valence-electron chi connectivity index (χ2n) is 7.21. The third kappa shape index (κ3) is 3.89. The number of benzene rings is 1. The molecule has 0 aliphatic carbocycles. The SMILES string of the molecule is Cc1cccc2nc(C(=O)Nc3ccc(S(=O)(=O)N4CCN(C)CC4)cc3)cn12. The molecule has 1 aromatic carbocycles. The van der Waals surface area contributed by atoms with Crippen LogP contribution in [0.5, 0.6) is 0 Å². The van der Waals surface area contributed by atoms with Gasteiger partial charge in [0.05, 0.1) is 4.90 Å². The number of carbonyl (C=O) groups is 1. The zero-order valence-electron chi connectivity index (χ0n) is 16.4. The summed E-state index contributed by atoms with van der Waals surface area (Å²) in [6, 6.07) is 11.9. The Labute approximate surface area is 169 Å². The molecule has 9 heteroatoms. The van der Waals surface area contributed by atoms with Crippen LogP contribution in [0.15, 0.2) is 53.6 Å². The van der Waals surface area contributed by atoms with Gasteiger partial charge in [0.15, 0.2) is 0 Å². The van der Waals surface area contributed by atoms with Crippen LogP contribution in [0.2, 0.25) is 0 Å². The summed E-state index contributed by atoms with van der Waals surface area (Å²) in [6.07, 6.45) is 1.69. The lowest BCUT2D eigenvalue weighted by molar-refractivity contribution is 0.102. The lowest BCUT2D eigenvalue weighted by Gasteiger charge is -2.31. The van der Waals surface area contributed by atoms with E-state index in [0.29, 0.717) is 43.2 Å². The second-order valence-corrected chi connectivity index (χ2v) is 9.15. The Kier molecular flexibility index (Phi) is 5.12. The third-order valence-electron chi connectivity index (χ3n) is 5.14. The van der Waals surface area contributed by atoms with Crippen molar-refractivity contribution in [1.29, 1.82) is 0 Å². The molecule has 0 atom stereocenters. The first kappa shape index (κ1) is 19.6. The number of aryl methyl sites for hydroxylation is 1. The quantitative estimate of drug-likeness (QED) is 0.705. The average Bonchev–Trinajstić information content (AvgIpc) is 3.15. The molecule has 8 nitrogen and oxygen atoms in total. The molecule has 1 saturated heterocycles. The summed E-state index contributed by atoms with van der Waals surface area (Å²) in [4.78, 5) is 19.2. The number of likely N-dealkylation sites (N-methyl/N-ethyl adjacent to an activating group) is 1. The molecule has 1 fully saturated rings. The predicted molar refractivity (Wildman–Crippen MR) is 111 cm³/mol. The van der Waals surface area contributed by atoms with Crippen LogP contribution in [0.25, 0.3) is 5.65 Å². The largest absolute Gasteiger partial charge is 0.321 e. The van der Waals surface area contributed by atoms with Gasteiger partial charge in [-0.1, -0.05) is 6.07 Å². The van der Waals surface area contributed by atoms with Gasteiger partial charge in [-0.3, -0.25) is 4.79 Å². The number of imidazole rings is 1. The molecule has 3 heterocycles. The second kappa shape index (κ2) is 7.58. The lowest BCUT2D eigenvalue weighted by atomic mass is 10.3. The fourth-order valence-electron chi connectivity index (χ4n) is 3.34. The summed E-state index contributed by atoms with van der Waals surface area (Å²) in [5, 5.41) is 2.77. The standard InChI is InChI=1S/C20H23N5O3S/c1-15-4-3-5-19-22-18(14-25(15)19)20(26)21-16-6-8-17(9-7-16)29(27,28)24-12-10-23(2)11-13-24/h3-9,14H,10-13H2,1-2H3,(H,21,26). The van der Waals surface area contributed by atoms with Gasteiger partial charge in [-0.15, -0.1) is 0 Å². The third-order valence-corrected chi connectivity index (χ3v) is 7.05. The maximum absolute atomic E-state index is 12.8. The van der Waals surface area contributed by atoms with Crippen molar-refractivity contribution in [3.05, 3.63) is 60.0 Å². The summed E-state index contributed by atoms with van der Waals surface area (Å²) < 4.78 is 28.9. The molecule has 4 rings (SSSR count). The van der Waals surface area contributed by atoms with E-state index in [1.54, 1.807) is 18.3 Å². The number of sulfonamides is 1. The van der Waals surface area contributed by atoms with Crippen molar-refractivity contribution in [3.63, 3.8) is 0 Å². The van der Waals surface area contributed by atoms with Crippen LogP contribution < -0.4 is 5.32 Å². The molecule has 1 N–H and O–H groups in total. The summed E-state index contributed by atoms with van der Waals surface area (Å²) in [7, 11) is -1.55. The van der Waals surface area contributed by atoms with Crippen molar-refractivity contribution in [2.75, 3.05) is 38.5 Å². The summed E-state index contributed by atoms with van der Waals surface area (Å²) in [5.41, 5.74) is 2.49. The van der Waals surface area contributed by atoms with Gasteiger partial charge in [-0.05, 0) is 50.4 Å². The highest BCUT2D eigenvalue weighted by Gasteiger charge is 2.27. The number of nitrogens with zero attached hydrogens (tertiary/aromatic N) is 4. The highest BCUT2D eigenvalue weighted by molar-refractivity contribution is 7.89. The van der Waals surface area contributed by atoms with E-state index in [0.717, 1.165) is 5.69 Å². The van der Waals surface area contributed by atoms with Gasteiger partial charge in [0.1, 0.15) is 11.3 Å². The van der Waals surface area contributed by atoms with Crippen LogP contribution in [0.1, 0.15) is 16.2 Å². The van der Waals surface area contributed by atoms with Gasteiger partial charge in [0.25, 0.3) is 5.91 Å². The van der Waals surface area contributed by atoms with Crippen LogP contribution in [0.4, 0.5) is 5.69 Å². The van der Waals surface area contributed by atoms with Gasteiger partial charge >= 0.3 is 0 Å². The van der Waals surface area contributed by atoms with Crippen LogP contribution in [0, 0.1) is 6.92 Å². The van der Waals surface area contributed by atoms with Gasteiger partial charge in [-0.2, -0.15) is 4.31 Å². The van der Waals surface area contributed by atoms with Crippen LogP contribution in [-0.4, -0.2) is 66.1 Å². The van der Waals surface area contributed by atoms with E-state index >= 15 is 0 Å². The molecule has 152 valence electrons. The highest BCUT2D eigenvalue weighted by atomic mass is 32.2. The van der Waals surface area contributed by atoms with Crippen molar-refractivity contribution in [2.45, 2.75) is 11.8 Å². The molecular weight excluding hydrogens is 390 g/mol. The zero-order valence-corrected chi connectivity index (χ0v) is 17.2. The Hall–Kier alpha value is -2.75. The molecule has 0 saturated carbocycles. The van der Waals surface area contributed by atoms with Gasteiger partial charge in [0.2, 0.25) is 10.0 Å². The number of pyridine rings is 1. The van der Waals surface area contributed by atoms with Crippen LogP contribution in [-0.2, 0) is 10.0 Å². The van der Waals surface area contributed by atoms with Crippen molar-refractivity contribution in [3.8, 4) is 0 Å². The molecule has 3 aromatic rings. The molecule has 1 amide bonds. The minimum atomic E-state index is -3.53. The number of carbonyl (C=O) groups excluding carboxylic acids is 1. The first-order chi connectivity index (χ1) is 13.8. The van der Waals surface area contributed by atoms with Gasteiger partial charge in [-0.25, -0.2) is 13.4 Å². The van der Waals surface area contributed by atoms with E-state index in [-0.39, 0.29) is 10.8 Å². The first-order valence-corrected chi connectivity index (χ1v) is 10.8. The number of piperazine rings is 1. The summed E-state index contributed by atoms with van der Waals surface area (Å²) in [5.74, 6) is -0.345. The number of aromatic nitrogens is 2. The number of hydrogen-bond acceptors (Lipinski definition) is 5. The van der Waals surface area contributed by atoms with E-state index in [4.69, 9.17) is 0 Å². The Morgan fingerprint density at radius 3 is 2.38 bits per heavy atom. The van der Waals surface area contributed by atoms with E-state index in [2.05, 4.69) is 15.2 Å². The maximum atomic E-state index is 12.8. The molecular formula is C20H23N5O3S. The predicted octanol–water partition coefficient (Wildman–Crippen LogP) is 1.83. The number of hydrogen-bond donors (Lipinski definition) is 1. The van der Waals surface area contributed by atoms with Crippen LogP contribution in [0.3, 0.4) is 0 Å². The number of fused-ring (bicyclic) bond motifs is 1. The fraction of sp³-hybridized carbons (Fsp3) is 0.300. The normalized spacial score (nSPS) is 16.2. The Bertz CT molecular complexity index is 1150. The van der Waals surface area contributed by atoms with Crippen molar-refractivity contribution < 1.29 is 13.2 Å². The monoisotopic (exact) mass is 413 g/mol. The smallest absolute Gasteiger partial charge is 0.275 e. The number of rotatable bonds is 4. The minimum absolute atomic E-state index is 0.225. The zero-order chi connectivity index (χ0) is 20.6. The van der Waals surface area contributed by atoms with E-state index < -0.39 is 10.0 Å². The molecule has 1 aliphatic rings. The van der Waals surface area contributed by atoms with Crippen molar-refractivity contribution in [1.82, 2.24) is 18.6 Å². The summed E-state index contributed by atoms with van der Waals surface area (Å²) >= 11 is 0. The molecule has 0 bridgehead atoms. The summed E-state index contributed by atoms with van der Waals surface area (Å²) in [6.45, 7) is 4.32. The van der Waals surface area contributed by atoms with Crippen LogP contribution >= 0.6 is 0 Å². The first-order valence-electron chi connectivity index (χ1n) is 9.39. The van der Waals surface area contributed by atoms with Gasteiger partial charge in [0, 0.05) is 43.8 Å². The topological polar surface area (TPSA) is 87.0 Å².